The van der Waals surface area contributed by atoms with E-state index in [0.29, 0.717) is 25.1 Å². The van der Waals surface area contributed by atoms with Crippen molar-refractivity contribution in [3.05, 3.63) is 41.7 Å². The second-order valence-corrected chi connectivity index (χ2v) is 3.80. The van der Waals surface area contributed by atoms with Gasteiger partial charge in [-0.15, -0.1) is 0 Å². The average molecular weight is 235 g/mol. The number of amides is 1. The number of likely N-dealkylation sites (N-methyl/N-ethyl adjacent to an activating group) is 1. The van der Waals surface area contributed by atoms with Gasteiger partial charge in [-0.1, -0.05) is 18.7 Å². The summed E-state index contributed by atoms with van der Waals surface area (Å²) in [5.74, 6) is -0.240. The third kappa shape index (κ3) is 3.41. The summed E-state index contributed by atoms with van der Waals surface area (Å²) in [4.78, 5) is 13.6. The molecule has 1 rings (SSSR count). The fourth-order valence-corrected chi connectivity index (χ4v) is 1.72. The number of carbonyl (C=O) groups excluding carboxylic acids is 1. The minimum atomic E-state index is -0.306. The van der Waals surface area contributed by atoms with Gasteiger partial charge in [-0.05, 0) is 31.5 Å². The molecule has 0 aliphatic carbocycles. The van der Waals surface area contributed by atoms with Crippen LogP contribution in [0.25, 0.3) is 6.08 Å². The highest BCUT2D eigenvalue weighted by Gasteiger charge is 2.11. The first-order chi connectivity index (χ1) is 8.12. The normalized spacial score (nSPS) is 10.1. The minimum absolute atomic E-state index is 0.0663. The molecule has 0 aliphatic rings. The minimum Gasteiger partial charge on any atom is -0.343 e. The van der Waals surface area contributed by atoms with Crippen molar-refractivity contribution >= 4 is 12.0 Å². The van der Waals surface area contributed by atoms with Gasteiger partial charge in [-0.2, -0.15) is 0 Å². The number of hydrogen-bond donors (Lipinski definition) is 0. The predicted molar refractivity (Wildman–Crippen MR) is 68.1 cm³/mol. The second kappa shape index (κ2) is 6.18. The van der Waals surface area contributed by atoms with Gasteiger partial charge in [0.2, 0.25) is 5.91 Å². The van der Waals surface area contributed by atoms with Gasteiger partial charge in [-0.25, -0.2) is 4.39 Å². The quantitative estimate of drug-likeness (QED) is 0.768. The molecule has 0 saturated heterocycles. The Balaban J connectivity index is 2.81. The SMILES string of the molecule is C=Cc1cc(CC(=O)N(CC)CC)ccc1F. The van der Waals surface area contributed by atoms with E-state index < -0.39 is 0 Å². The van der Waals surface area contributed by atoms with Crippen molar-refractivity contribution in [3.8, 4) is 0 Å². The van der Waals surface area contributed by atoms with E-state index in [0.717, 1.165) is 5.56 Å². The van der Waals surface area contributed by atoms with Crippen LogP contribution < -0.4 is 0 Å². The van der Waals surface area contributed by atoms with Crippen LogP contribution in [0, 0.1) is 5.82 Å². The van der Waals surface area contributed by atoms with Crippen LogP contribution in [0.1, 0.15) is 25.0 Å². The summed E-state index contributed by atoms with van der Waals surface area (Å²) in [6.45, 7) is 8.83. The monoisotopic (exact) mass is 235 g/mol. The summed E-state index contributed by atoms with van der Waals surface area (Å²) in [5.41, 5.74) is 1.26. The Morgan fingerprint density at radius 2 is 2.06 bits per heavy atom. The van der Waals surface area contributed by atoms with Crippen LogP contribution in [0.4, 0.5) is 4.39 Å². The molecule has 2 nitrogen and oxygen atoms in total. The first kappa shape index (κ1) is 13.4. The zero-order valence-corrected chi connectivity index (χ0v) is 10.4. The molecule has 0 aliphatic heterocycles. The molecule has 0 atom stereocenters. The first-order valence-electron chi connectivity index (χ1n) is 5.81. The highest BCUT2D eigenvalue weighted by atomic mass is 19.1. The summed E-state index contributed by atoms with van der Waals surface area (Å²) >= 11 is 0. The van der Waals surface area contributed by atoms with Gasteiger partial charge in [-0.3, -0.25) is 4.79 Å². The molecule has 1 amide bonds. The number of halogens is 1. The molecule has 0 radical (unpaired) electrons. The number of nitrogens with zero attached hydrogens (tertiary/aromatic N) is 1. The van der Waals surface area contributed by atoms with E-state index in [1.54, 1.807) is 17.0 Å². The Morgan fingerprint density at radius 1 is 1.41 bits per heavy atom. The summed E-state index contributed by atoms with van der Waals surface area (Å²) < 4.78 is 13.2. The highest BCUT2D eigenvalue weighted by molar-refractivity contribution is 5.79. The van der Waals surface area contributed by atoms with Crippen molar-refractivity contribution in [2.75, 3.05) is 13.1 Å². The molecule has 1 aromatic carbocycles. The number of benzene rings is 1. The van der Waals surface area contributed by atoms with Gasteiger partial charge >= 0.3 is 0 Å². The fraction of sp³-hybridized carbons (Fsp3) is 0.357. The van der Waals surface area contributed by atoms with Crippen molar-refractivity contribution in [1.82, 2.24) is 4.90 Å². The van der Waals surface area contributed by atoms with E-state index in [4.69, 9.17) is 0 Å². The van der Waals surface area contributed by atoms with E-state index in [2.05, 4.69) is 6.58 Å². The maximum Gasteiger partial charge on any atom is 0.226 e. The van der Waals surface area contributed by atoms with E-state index in [9.17, 15) is 9.18 Å². The molecule has 0 N–H and O–H groups in total. The van der Waals surface area contributed by atoms with Gasteiger partial charge in [0, 0.05) is 18.7 Å². The molecule has 0 aromatic heterocycles. The molecular formula is C14H18FNO. The fourth-order valence-electron chi connectivity index (χ4n) is 1.72. The van der Waals surface area contributed by atoms with Crippen LogP contribution in [-0.2, 0) is 11.2 Å². The second-order valence-electron chi connectivity index (χ2n) is 3.80. The lowest BCUT2D eigenvalue weighted by atomic mass is 10.1. The van der Waals surface area contributed by atoms with Gasteiger partial charge in [0.25, 0.3) is 0 Å². The molecule has 0 spiro atoms. The Bertz CT molecular complexity index is 411. The van der Waals surface area contributed by atoms with Gasteiger partial charge < -0.3 is 4.90 Å². The molecule has 1 aromatic rings. The standard InChI is InChI=1S/C14H18FNO/c1-4-12-9-11(7-8-13(12)15)10-14(17)16(5-2)6-3/h4,7-9H,1,5-6,10H2,2-3H3. The average Bonchev–Trinajstić information content (AvgIpc) is 2.33. The van der Waals surface area contributed by atoms with Crippen LogP contribution in [0.3, 0.4) is 0 Å². The van der Waals surface area contributed by atoms with Crippen molar-refractivity contribution in [2.24, 2.45) is 0 Å². The zero-order valence-electron chi connectivity index (χ0n) is 10.4. The lowest BCUT2D eigenvalue weighted by Gasteiger charge is -2.18. The maximum atomic E-state index is 13.2. The molecule has 0 unspecified atom stereocenters. The summed E-state index contributed by atoms with van der Waals surface area (Å²) in [5, 5.41) is 0. The molecule has 0 bridgehead atoms. The lowest BCUT2D eigenvalue weighted by molar-refractivity contribution is -0.130. The van der Waals surface area contributed by atoms with Crippen LogP contribution in [0.2, 0.25) is 0 Å². The molecule has 17 heavy (non-hydrogen) atoms. The van der Waals surface area contributed by atoms with Crippen molar-refractivity contribution in [1.29, 1.82) is 0 Å². The highest BCUT2D eigenvalue weighted by Crippen LogP contribution is 2.13. The van der Waals surface area contributed by atoms with Gasteiger partial charge in [0.1, 0.15) is 5.82 Å². The third-order valence-corrected chi connectivity index (χ3v) is 2.75. The zero-order chi connectivity index (χ0) is 12.8. The van der Waals surface area contributed by atoms with Gasteiger partial charge in [0.05, 0.1) is 6.42 Å². The van der Waals surface area contributed by atoms with Crippen LogP contribution >= 0.6 is 0 Å². The summed E-state index contributed by atoms with van der Waals surface area (Å²) in [6.07, 6.45) is 1.77. The molecule has 3 heteroatoms. The van der Waals surface area contributed by atoms with E-state index in [1.807, 2.05) is 13.8 Å². The first-order valence-corrected chi connectivity index (χ1v) is 5.81. The maximum absolute atomic E-state index is 13.2. The predicted octanol–water partition coefficient (Wildman–Crippen LogP) is 2.88. The van der Waals surface area contributed by atoms with Gasteiger partial charge in [0.15, 0.2) is 0 Å². The third-order valence-electron chi connectivity index (χ3n) is 2.75. The molecule has 0 heterocycles. The van der Waals surface area contributed by atoms with Crippen molar-refractivity contribution < 1.29 is 9.18 Å². The Kier molecular flexibility index (Phi) is 4.88. The van der Waals surface area contributed by atoms with Crippen LogP contribution in [0.5, 0.6) is 0 Å². The Labute approximate surface area is 102 Å². The summed E-state index contributed by atoms with van der Waals surface area (Å²) in [6, 6.07) is 4.69. The van der Waals surface area contributed by atoms with Crippen molar-refractivity contribution in [2.45, 2.75) is 20.3 Å². The topological polar surface area (TPSA) is 20.3 Å². The summed E-state index contributed by atoms with van der Waals surface area (Å²) in [7, 11) is 0. The van der Waals surface area contributed by atoms with Crippen LogP contribution in [-0.4, -0.2) is 23.9 Å². The molecule has 0 fully saturated rings. The Hall–Kier alpha value is -1.64. The number of rotatable bonds is 5. The Morgan fingerprint density at radius 3 is 2.59 bits per heavy atom. The largest absolute Gasteiger partial charge is 0.343 e. The molecule has 0 saturated carbocycles. The smallest absolute Gasteiger partial charge is 0.226 e. The number of hydrogen-bond acceptors (Lipinski definition) is 1. The van der Waals surface area contributed by atoms with E-state index in [-0.39, 0.29) is 11.7 Å². The van der Waals surface area contributed by atoms with Crippen molar-refractivity contribution in [3.63, 3.8) is 0 Å². The number of carbonyl (C=O) groups is 1. The van der Waals surface area contributed by atoms with Crippen LogP contribution in [0.15, 0.2) is 24.8 Å². The lowest BCUT2D eigenvalue weighted by Crippen LogP contribution is -2.31. The van der Waals surface area contributed by atoms with E-state index in [1.165, 1.54) is 12.1 Å². The van der Waals surface area contributed by atoms with E-state index >= 15 is 0 Å². The molecular weight excluding hydrogens is 217 g/mol. The molecule has 92 valence electrons.